The third-order valence-electron chi connectivity index (χ3n) is 4.22. The number of rotatable bonds is 4. The van der Waals surface area contributed by atoms with Gasteiger partial charge in [-0.05, 0) is 69.7 Å². The standard InChI is InChI=1S/C17H25N/c1-13-8-7-11-16(14(13)2)17(18-3)12-15-9-5-4-6-10-15/h7-9,11,17-18H,4-6,10,12H2,1-3H3. The van der Waals surface area contributed by atoms with E-state index in [1.165, 1.54) is 48.8 Å². The highest BCUT2D eigenvalue weighted by Crippen LogP contribution is 2.29. The summed E-state index contributed by atoms with van der Waals surface area (Å²) in [5.41, 5.74) is 5.93. The Morgan fingerprint density at radius 1 is 1.22 bits per heavy atom. The molecule has 1 atom stereocenters. The summed E-state index contributed by atoms with van der Waals surface area (Å²) >= 11 is 0. The van der Waals surface area contributed by atoms with Gasteiger partial charge < -0.3 is 5.32 Å². The van der Waals surface area contributed by atoms with E-state index in [9.17, 15) is 0 Å². The summed E-state index contributed by atoms with van der Waals surface area (Å²) in [6.07, 6.45) is 8.94. The first-order chi connectivity index (χ1) is 8.72. The Kier molecular flexibility index (Phi) is 4.60. The van der Waals surface area contributed by atoms with Crippen LogP contribution in [0.15, 0.2) is 29.8 Å². The first kappa shape index (κ1) is 13.4. The number of aryl methyl sites for hydroxylation is 1. The lowest BCUT2D eigenvalue weighted by Gasteiger charge is -2.23. The fourth-order valence-corrected chi connectivity index (χ4v) is 2.87. The molecule has 1 aromatic carbocycles. The van der Waals surface area contributed by atoms with Crippen molar-refractivity contribution in [3.8, 4) is 0 Å². The van der Waals surface area contributed by atoms with Crippen molar-refractivity contribution in [2.24, 2.45) is 0 Å². The van der Waals surface area contributed by atoms with Gasteiger partial charge >= 0.3 is 0 Å². The zero-order valence-corrected chi connectivity index (χ0v) is 11.9. The molecule has 1 aromatic rings. The normalized spacial score (nSPS) is 17.4. The Morgan fingerprint density at radius 3 is 2.72 bits per heavy atom. The molecule has 0 saturated heterocycles. The molecule has 1 aliphatic rings. The van der Waals surface area contributed by atoms with Gasteiger partial charge in [-0.2, -0.15) is 0 Å². The summed E-state index contributed by atoms with van der Waals surface area (Å²) in [5.74, 6) is 0. The minimum absolute atomic E-state index is 0.467. The van der Waals surface area contributed by atoms with E-state index in [4.69, 9.17) is 0 Å². The Labute approximate surface area is 111 Å². The van der Waals surface area contributed by atoms with Crippen LogP contribution in [0.2, 0.25) is 0 Å². The van der Waals surface area contributed by atoms with Crippen LogP contribution in [0.1, 0.15) is 54.8 Å². The monoisotopic (exact) mass is 243 g/mol. The second-order valence-corrected chi connectivity index (χ2v) is 5.44. The summed E-state index contributed by atoms with van der Waals surface area (Å²) in [6.45, 7) is 4.44. The largest absolute Gasteiger partial charge is 0.313 e. The maximum absolute atomic E-state index is 3.49. The van der Waals surface area contributed by atoms with Crippen molar-refractivity contribution in [2.45, 2.75) is 52.0 Å². The Morgan fingerprint density at radius 2 is 2.06 bits per heavy atom. The van der Waals surface area contributed by atoms with E-state index >= 15 is 0 Å². The molecule has 1 aliphatic carbocycles. The first-order valence-electron chi connectivity index (χ1n) is 7.13. The molecule has 1 N–H and O–H groups in total. The van der Waals surface area contributed by atoms with E-state index in [1.807, 2.05) is 0 Å². The minimum atomic E-state index is 0.467. The first-order valence-corrected chi connectivity index (χ1v) is 7.13. The molecule has 0 saturated carbocycles. The van der Waals surface area contributed by atoms with E-state index in [2.05, 4.69) is 50.5 Å². The van der Waals surface area contributed by atoms with Crippen LogP contribution in [-0.4, -0.2) is 7.05 Å². The molecular formula is C17H25N. The molecule has 98 valence electrons. The molecule has 0 bridgehead atoms. The lowest BCUT2D eigenvalue weighted by molar-refractivity contribution is 0.556. The highest BCUT2D eigenvalue weighted by molar-refractivity contribution is 5.36. The number of hydrogen-bond acceptors (Lipinski definition) is 1. The maximum atomic E-state index is 3.49. The lowest BCUT2D eigenvalue weighted by Crippen LogP contribution is -2.18. The van der Waals surface area contributed by atoms with Crippen molar-refractivity contribution in [3.05, 3.63) is 46.5 Å². The molecule has 0 heterocycles. The van der Waals surface area contributed by atoms with Crippen LogP contribution >= 0.6 is 0 Å². The van der Waals surface area contributed by atoms with E-state index in [1.54, 1.807) is 5.57 Å². The van der Waals surface area contributed by atoms with E-state index in [0.29, 0.717) is 6.04 Å². The van der Waals surface area contributed by atoms with Crippen LogP contribution in [0.25, 0.3) is 0 Å². The lowest BCUT2D eigenvalue weighted by atomic mass is 9.89. The van der Waals surface area contributed by atoms with Gasteiger partial charge in [-0.25, -0.2) is 0 Å². The average Bonchev–Trinajstić information content (AvgIpc) is 2.41. The predicted octanol–water partition coefficient (Wildman–Crippen LogP) is 4.45. The second kappa shape index (κ2) is 6.19. The third-order valence-corrected chi connectivity index (χ3v) is 4.22. The SMILES string of the molecule is CNC(CC1=CCCCC1)c1cccc(C)c1C. The summed E-state index contributed by atoms with van der Waals surface area (Å²) in [4.78, 5) is 0. The average molecular weight is 243 g/mol. The van der Waals surface area contributed by atoms with Crippen molar-refractivity contribution < 1.29 is 0 Å². The molecule has 2 rings (SSSR count). The van der Waals surface area contributed by atoms with Gasteiger partial charge in [0, 0.05) is 6.04 Å². The summed E-state index contributed by atoms with van der Waals surface area (Å²) in [5, 5.41) is 3.49. The van der Waals surface area contributed by atoms with E-state index < -0.39 is 0 Å². The van der Waals surface area contributed by atoms with Gasteiger partial charge in [-0.15, -0.1) is 0 Å². The van der Waals surface area contributed by atoms with Crippen molar-refractivity contribution in [3.63, 3.8) is 0 Å². The zero-order chi connectivity index (χ0) is 13.0. The second-order valence-electron chi connectivity index (χ2n) is 5.44. The van der Waals surface area contributed by atoms with Gasteiger partial charge in [0.15, 0.2) is 0 Å². The molecule has 1 unspecified atom stereocenters. The molecule has 0 fully saturated rings. The van der Waals surface area contributed by atoms with E-state index in [0.717, 1.165) is 0 Å². The van der Waals surface area contributed by atoms with Crippen LogP contribution in [0.4, 0.5) is 0 Å². The number of hydrogen-bond donors (Lipinski definition) is 1. The van der Waals surface area contributed by atoms with Crippen LogP contribution in [0.5, 0.6) is 0 Å². The van der Waals surface area contributed by atoms with Gasteiger partial charge in [0.05, 0.1) is 0 Å². The minimum Gasteiger partial charge on any atom is -0.313 e. The van der Waals surface area contributed by atoms with Crippen molar-refractivity contribution in [1.29, 1.82) is 0 Å². The van der Waals surface area contributed by atoms with E-state index in [-0.39, 0.29) is 0 Å². The van der Waals surface area contributed by atoms with Crippen LogP contribution in [-0.2, 0) is 0 Å². The Balaban J connectivity index is 2.17. The quantitative estimate of drug-likeness (QED) is 0.770. The number of allylic oxidation sites excluding steroid dienone is 1. The molecule has 1 heteroatoms. The molecular weight excluding hydrogens is 218 g/mol. The van der Waals surface area contributed by atoms with Crippen LogP contribution in [0.3, 0.4) is 0 Å². The topological polar surface area (TPSA) is 12.0 Å². The highest BCUT2D eigenvalue weighted by atomic mass is 14.9. The molecule has 0 aromatic heterocycles. The molecule has 0 radical (unpaired) electrons. The van der Waals surface area contributed by atoms with Gasteiger partial charge in [-0.3, -0.25) is 0 Å². The molecule has 1 nitrogen and oxygen atoms in total. The fraction of sp³-hybridized carbons (Fsp3) is 0.529. The number of benzene rings is 1. The smallest absolute Gasteiger partial charge is 0.0357 e. The molecule has 0 amide bonds. The Bertz CT molecular complexity index is 431. The molecule has 18 heavy (non-hydrogen) atoms. The molecule has 0 aliphatic heterocycles. The highest BCUT2D eigenvalue weighted by Gasteiger charge is 2.15. The molecule has 0 spiro atoms. The van der Waals surface area contributed by atoms with Gasteiger partial charge in [0.25, 0.3) is 0 Å². The van der Waals surface area contributed by atoms with Gasteiger partial charge in [0.1, 0.15) is 0 Å². The Hall–Kier alpha value is -1.08. The van der Waals surface area contributed by atoms with Crippen LogP contribution < -0.4 is 5.32 Å². The van der Waals surface area contributed by atoms with Crippen molar-refractivity contribution >= 4 is 0 Å². The van der Waals surface area contributed by atoms with Crippen molar-refractivity contribution in [1.82, 2.24) is 5.32 Å². The third kappa shape index (κ3) is 3.02. The zero-order valence-electron chi connectivity index (χ0n) is 11.9. The summed E-state index contributed by atoms with van der Waals surface area (Å²) < 4.78 is 0. The van der Waals surface area contributed by atoms with Crippen molar-refractivity contribution in [2.75, 3.05) is 7.05 Å². The summed E-state index contributed by atoms with van der Waals surface area (Å²) in [7, 11) is 2.08. The number of nitrogens with one attached hydrogen (secondary N) is 1. The fourth-order valence-electron chi connectivity index (χ4n) is 2.87. The van der Waals surface area contributed by atoms with Gasteiger partial charge in [-0.1, -0.05) is 29.8 Å². The van der Waals surface area contributed by atoms with Gasteiger partial charge in [0.2, 0.25) is 0 Å². The summed E-state index contributed by atoms with van der Waals surface area (Å²) in [6, 6.07) is 7.12. The maximum Gasteiger partial charge on any atom is 0.0357 e. The van der Waals surface area contributed by atoms with Crippen LogP contribution in [0, 0.1) is 13.8 Å². The predicted molar refractivity (Wildman–Crippen MR) is 78.9 cm³/mol.